The van der Waals surface area contributed by atoms with E-state index in [4.69, 9.17) is 4.74 Å². The van der Waals surface area contributed by atoms with Crippen LogP contribution in [0.2, 0.25) is 0 Å². The maximum atomic E-state index is 11.8. The molecule has 0 saturated carbocycles. The normalized spacial score (nSPS) is 9.59. The standard InChI is InChI=1S/C11H18N2O2S.ClH/c1-8-7-9(15-3)10(16-8)11(14)13-6-4-5-12-2;/h7,12H,4-6H2,1-3H3,(H,13,14);1H. The number of carbonyl (C=O) groups excluding carboxylic acids is 1. The van der Waals surface area contributed by atoms with Crippen LogP contribution in [0.4, 0.5) is 0 Å². The minimum atomic E-state index is -0.0500. The van der Waals surface area contributed by atoms with E-state index in [1.165, 1.54) is 11.3 Å². The number of methoxy groups -OCH3 is 1. The Balaban J connectivity index is 0.00000256. The van der Waals surface area contributed by atoms with Crippen molar-refractivity contribution in [2.45, 2.75) is 13.3 Å². The van der Waals surface area contributed by atoms with E-state index >= 15 is 0 Å². The summed E-state index contributed by atoms with van der Waals surface area (Å²) in [6.07, 6.45) is 0.926. The monoisotopic (exact) mass is 278 g/mol. The van der Waals surface area contributed by atoms with Crippen LogP contribution in [0.5, 0.6) is 5.75 Å². The highest BCUT2D eigenvalue weighted by molar-refractivity contribution is 7.14. The fourth-order valence-electron chi connectivity index (χ4n) is 1.35. The Hall–Kier alpha value is -0.780. The first kappa shape index (κ1) is 16.2. The minimum Gasteiger partial charge on any atom is -0.495 e. The summed E-state index contributed by atoms with van der Waals surface area (Å²) in [5.41, 5.74) is 0. The van der Waals surface area contributed by atoms with Gasteiger partial charge in [-0.15, -0.1) is 23.7 Å². The molecule has 2 N–H and O–H groups in total. The number of rotatable bonds is 6. The molecule has 0 atom stereocenters. The van der Waals surface area contributed by atoms with Crippen molar-refractivity contribution in [2.75, 3.05) is 27.2 Å². The lowest BCUT2D eigenvalue weighted by atomic mass is 10.3. The molecule has 6 heteroatoms. The fraction of sp³-hybridized carbons (Fsp3) is 0.545. The van der Waals surface area contributed by atoms with Crippen molar-refractivity contribution in [3.8, 4) is 5.75 Å². The largest absolute Gasteiger partial charge is 0.495 e. The molecule has 0 unspecified atom stereocenters. The van der Waals surface area contributed by atoms with Gasteiger partial charge in [-0.2, -0.15) is 0 Å². The lowest BCUT2D eigenvalue weighted by Gasteiger charge is -2.04. The number of ether oxygens (including phenoxy) is 1. The summed E-state index contributed by atoms with van der Waals surface area (Å²) in [5, 5.41) is 5.91. The van der Waals surface area contributed by atoms with Crippen molar-refractivity contribution >= 4 is 29.7 Å². The van der Waals surface area contributed by atoms with Crippen LogP contribution in [0.15, 0.2) is 6.07 Å². The van der Waals surface area contributed by atoms with Gasteiger partial charge in [0.25, 0.3) is 5.91 Å². The third-order valence-corrected chi connectivity index (χ3v) is 3.17. The number of carbonyl (C=O) groups is 1. The summed E-state index contributed by atoms with van der Waals surface area (Å²) in [6.45, 7) is 3.55. The van der Waals surface area contributed by atoms with Crippen LogP contribution in [0.1, 0.15) is 21.0 Å². The number of aryl methyl sites for hydroxylation is 1. The molecule has 0 spiro atoms. The second-order valence-electron chi connectivity index (χ2n) is 3.47. The van der Waals surface area contributed by atoms with Crippen LogP contribution in [0.25, 0.3) is 0 Å². The van der Waals surface area contributed by atoms with Gasteiger partial charge < -0.3 is 15.4 Å². The van der Waals surface area contributed by atoms with E-state index < -0.39 is 0 Å². The zero-order chi connectivity index (χ0) is 12.0. The molecule has 0 bridgehead atoms. The number of nitrogens with one attached hydrogen (secondary N) is 2. The predicted octanol–water partition coefficient (Wildman–Crippen LogP) is 1.83. The van der Waals surface area contributed by atoms with Crippen LogP contribution in [-0.4, -0.2) is 33.2 Å². The van der Waals surface area contributed by atoms with Gasteiger partial charge in [-0.3, -0.25) is 4.79 Å². The van der Waals surface area contributed by atoms with Crippen molar-refractivity contribution in [1.82, 2.24) is 10.6 Å². The Bertz CT molecular complexity index is 355. The summed E-state index contributed by atoms with van der Waals surface area (Å²) in [7, 11) is 3.48. The van der Waals surface area contributed by atoms with Crippen LogP contribution in [-0.2, 0) is 0 Å². The summed E-state index contributed by atoms with van der Waals surface area (Å²) in [6, 6.07) is 1.88. The Morgan fingerprint density at radius 2 is 2.18 bits per heavy atom. The van der Waals surface area contributed by atoms with Gasteiger partial charge in [0.05, 0.1) is 7.11 Å². The molecular formula is C11H19ClN2O2S. The average molecular weight is 279 g/mol. The van der Waals surface area contributed by atoms with Crippen LogP contribution >= 0.6 is 23.7 Å². The van der Waals surface area contributed by atoms with E-state index in [0.717, 1.165) is 17.8 Å². The molecule has 4 nitrogen and oxygen atoms in total. The second-order valence-corrected chi connectivity index (χ2v) is 4.72. The Morgan fingerprint density at radius 1 is 1.47 bits per heavy atom. The molecule has 17 heavy (non-hydrogen) atoms. The van der Waals surface area contributed by atoms with E-state index in [1.54, 1.807) is 7.11 Å². The lowest BCUT2D eigenvalue weighted by Crippen LogP contribution is -2.26. The Morgan fingerprint density at radius 3 is 2.76 bits per heavy atom. The topological polar surface area (TPSA) is 50.4 Å². The molecule has 1 rings (SSSR count). The molecule has 1 aromatic heterocycles. The molecule has 0 aliphatic heterocycles. The Labute approximate surface area is 112 Å². The highest BCUT2D eigenvalue weighted by Gasteiger charge is 2.14. The van der Waals surface area contributed by atoms with Crippen molar-refractivity contribution in [3.05, 3.63) is 15.8 Å². The quantitative estimate of drug-likeness (QED) is 0.781. The maximum absolute atomic E-state index is 11.8. The minimum absolute atomic E-state index is 0. The molecule has 1 aromatic rings. The number of thiophene rings is 1. The van der Waals surface area contributed by atoms with E-state index in [2.05, 4.69) is 10.6 Å². The summed E-state index contributed by atoms with van der Waals surface area (Å²) in [4.78, 5) is 13.5. The second kappa shape index (κ2) is 8.33. The number of halogens is 1. The molecule has 1 heterocycles. The third kappa shape index (κ3) is 4.93. The summed E-state index contributed by atoms with van der Waals surface area (Å²) < 4.78 is 5.15. The highest BCUT2D eigenvalue weighted by atomic mass is 35.5. The van der Waals surface area contributed by atoms with E-state index in [-0.39, 0.29) is 18.3 Å². The van der Waals surface area contributed by atoms with E-state index in [1.807, 2.05) is 20.0 Å². The lowest BCUT2D eigenvalue weighted by molar-refractivity contribution is 0.0954. The predicted molar refractivity (Wildman–Crippen MR) is 73.7 cm³/mol. The van der Waals surface area contributed by atoms with Crippen LogP contribution in [0.3, 0.4) is 0 Å². The van der Waals surface area contributed by atoms with Gasteiger partial charge in [-0.25, -0.2) is 0 Å². The summed E-state index contributed by atoms with van der Waals surface area (Å²) in [5.74, 6) is 0.611. The molecule has 0 aliphatic rings. The van der Waals surface area contributed by atoms with Gasteiger partial charge in [0.15, 0.2) is 0 Å². The zero-order valence-corrected chi connectivity index (χ0v) is 12.0. The highest BCUT2D eigenvalue weighted by Crippen LogP contribution is 2.28. The number of amides is 1. The number of hydrogen-bond acceptors (Lipinski definition) is 4. The molecule has 0 aromatic carbocycles. The first-order valence-corrected chi connectivity index (χ1v) is 6.08. The third-order valence-electron chi connectivity index (χ3n) is 2.14. The maximum Gasteiger partial charge on any atom is 0.265 e. The van der Waals surface area contributed by atoms with Gasteiger partial charge >= 0.3 is 0 Å². The zero-order valence-electron chi connectivity index (χ0n) is 10.3. The van der Waals surface area contributed by atoms with Crippen molar-refractivity contribution < 1.29 is 9.53 Å². The molecular weight excluding hydrogens is 260 g/mol. The van der Waals surface area contributed by atoms with E-state index in [9.17, 15) is 4.79 Å². The number of hydrogen-bond donors (Lipinski definition) is 2. The fourth-order valence-corrected chi connectivity index (χ4v) is 2.24. The molecule has 0 saturated heterocycles. The van der Waals surface area contributed by atoms with Gasteiger partial charge in [0.2, 0.25) is 0 Å². The molecule has 0 aliphatic carbocycles. The van der Waals surface area contributed by atoms with Gasteiger partial charge in [0.1, 0.15) is 10.6 Å². The van der Waals surface area contributed by atoms with Gasteiger partial charge in [-0.05, 0) is 33.0 Å². The summed E-state index contributed by atoms with van der Waals surface area (Å²) >= 11 is 1.46. The molecule has 0 fully saturated rings. The Kier molecular flexibility index (Phi) is 7.95. The van der Waals surface area contributed by atoms with Gasteiger partial charge in [-0.1, -0.05) is 0 Å². The smallest absolute Gasteiger partial charge is 0.265 e. The van der Waals surface area contributed by atoms with E-state index in [0.29, 0.717) is 17.2 Å². The SMILES string of the molecule is CNCCCNC(=O)c1sc(C)cc1OC.Cl. The average Bonchev–Trinajstić information content (AvgIpc) is 2.65. The van der Waals surface area contributed by atoms with Crippen molar-refractivity contribution in [3.63, 3.8) is 0 Å². The van der Waals surface area contributed by atoms with Gasteiger partial charge in [0, 0.05) is 11.4 Å². The molecule has 98 valence electrons. The van der Waals surface area contributed by atoms with Crippen molar-refractivity contribution in [2.24, 2.45) is 0 Å². The van der Waals surface area contributed by atoms with Crippen LogP contribution in [0, 0.1) is 6.92 Å². The first-order valence-electron chi connectivity index (χ1n) is 5.26. The first-order chi connectivity index (χ1) is 7.69. The molecule has 1 amide bonds. The van der Waals surface area contributed by atoms with Crippen LogP contribution < -0.4 is 15.4 Å². The van der Waals surface area contributed by atoms with Crippen molar-refractivity contribution in [1.29, 1.82) is 0 Å². The molecule has 0 radical (unpaired) electrons.